The monoisotopic (exact) mass is 340 g/mol. The van der Waals surface area contributed by atoms with Gasteiger partial charge in [0.25, 0.3) is 0 Å². The van der Waals surface area contributed by atoms with Crippen molar-refractivity contribution in [1.29, 1.82) is 0 Å². The summed E-state index contributed by atoms with van der Waals surface area (Å²) in [7, 11) is 2.30. The van der Waals surface area contributed by atoms with Gasteiger partial charge in [0.2, 0.25) is 0 Å². The van der Waals surface area contributed by atoms with E-state index in [0.717, 1.165) is 44.6 Å². The normalized spacial score (nSPS) is 30.5. The zero-order valence-electron chi connectivity index (χ0n) is 13.5. The van der Waals surface area contributed by atoms with Gasteiger partial charge in [-0.1, -0.05) is 0 Å². The van der Waals surface area contributed by atoms with Crippen LogP contribution in [0.1, 0.15) is 46.0 Å². The van der Waals surface area contributed by atoms with Crippen LogP contribution in [0.15, 0.2) is 0 Å². The molecule has 2 atom stereocenters. The molecule has 0 radical (unpaired) electrons. The summed E-state index contributed by atoms with van der Waals surface area (Å²) in [5.41, 5.74) is 0. The number of fused-ring (bicyclic) bond motifs is 2. The zero-order chi connectivity index (χ0) is 13.8. The van der Waals surface area contributed by atoms with Gasteiger partial charge in [-0.05, 0) is 13.8 Å². The lowest BCUT2D eigenvalue weighted by Gasteiger charge is -2.33. The number of carbonyl (C=O) groups excluding carboxylic acids is 1. The van der Waals surface area contributed by atoms with Crippen LogP contribution in [0.4, 0.5) is 0 Å². The molecule has 21 heavy (non-hydrogen) atoms. The first-order valence-electron chi connectivity index (χ1n) is 8.00. The van der Waals surface area contributed by atoms with Gasteiger partial charge in [-0.15, -0.1) is 0 Å². The van der Waals surface area contributed by atoms with Gasteiger partial charge in [0, 0.05) is 25.7 Å². The van der Waals surface area contributed by atoms with Crippen LogP contribution in [0.3, 0.4) is 0 Å². The standard InChI is InChI=1S/C15H28N2O2.2ClH/c1-4-17(5-2)9-8-15(18)19-14-10-12-6-7-13(11-14)16(12)3;;/h12-14H,4-11H2,1-3H3;2*1H. The van der Waals surface area contributed by atoms with Crippen molar-refractivity contribution in [2.24, 2.45) is 0 Å². The number of carbonyl (C=O) groups is 1. The summed E-state index contributed by atoms with van der Waals surface area (Å²) in [4.78, 5) is 15.1. The van der Waals surface area contributed by atoms with E-state index >= 15 is 0 Å². The Bertz CT molecular complexity index is 300. The second-order valence-electron chi connectivity index (χ2n) is 6.26. The Morgan fingerprint density at radius 2 is 1.67 bits per heavy atom. The second kappa shape index (κ2) is 9.88. The Balaban J connectivity index is 0.00000200. The number of nitrogens with one attached hydrogen (secondary N) is 2. The van der Waals surface area contributed by atoms with E-state index in [1.165, 1.54) is 17.7 Å². The van der Waals surface area contributed by atoms with Gasteiger partial charge in [0.1, 0.15) is 6.10 Å². The van der Waals surface area contributed by atoms with E-state index in [9.17, 15) is 4.79 Å². The summed E-state index contributed by atoms with van der Waals surface area (Å²) >= 11 is 0. The van der Waals surface area contributed by atoms with E-state index in [-0.39, 0.29) is 36.9 Å². The first-order valence-corrected chi connectivity index (χ1v) is 8.00. The van der Waals surface area contributed by atoms with Crippen LogP contribution in [0, 0.1) is 0 Å². The molecule has 0 amide bonds. The van der Waals surface area contributed by atoms with Crippen LogP contribution >= 0.6 is 0 Å². The fraction of sp³-hybridized carbons (Fsp3) is 0.933. The number of piperidine rings is 1. The van der Waals surface area contributed by atoms with Gasteiger partial charge >= 0.3 is 5.97 Å². The van der Waals surface area contributed by atoms with Crippen molar-refractivity contribution in [3.8, 4) is 0 Å². The molecular weight excluding hydrogens is 311 g/mol. The maximum Gasteiger partial charge on any atom is 0.311 e. The lowest BCUT2D eigenvalue weighted by Crippen LogP contribution is -3.15. The molecule has 2 bridgehead atoms. The lowest BCUT2D eigenvalue weighted by atomic mass is 10.0. The molecule has 2 aliphatic rings. The molecular formula is C15H30Cl2N2O2. The molecule has 2 N–H and O–H groups in total. The Kier molecular flexibility index (Phi) is 9.87. The first kappa shape index (κ1) is 21.0. The number of rotatable bonds is 6. The van der Waals surface area contributed by atoms with Crippen LogP contribution in [0.5, 0.6) is 0 Å². The second-order valence-corrected chi connectivity index (χ2v) is 6.26. The van der Waals surface area contributed by atoms with Crippen molar-refractivity contribution in [1.82, 2.24) is 0 Å². The predicted octanol–water partition coefficient (Wildman–Crippen LogP) is -6.94. The molecule has 0 aromatic heterocycles. The summed E-state index contributed by atoms with van der Waals surface area (Å²) in [6.07, 6.45) is 5.55. The van der Waals surface area contributed by atoms with Crippen molar-refractivity contribution in [3.63, 3.8) is 0 Å². The Morgan fingerprint density at radius 3 is 2.14 bits per heavy atom. The molecule has 0 saturated carbocycles. The molecule has 6 heteroatoms. The van der Waals surface area contributed by atoms with E-state index in [1.54, 1.807) is 4.90 Å². The maximum absolute atomic E-state index is 11.9. The van der Waals surface area contributed by atoms with Crippen molar-refractivity contribution in [2.75, 3.05) is 26.7 Å². The number of hydrogen-bond acceptors (Lipinski definition) is 2. The average Bonchev–Trinajstić information content (AvgIpc) is 2.63. The van der Waals surface area contributed by atoms with Gasteiger partial charge in [-0.2, -0.15) is 0 Å². The molecule has 0 aliphatic carbocycles. The SMILES string of the molecule is CC[NH+](CC)CCC(=O)OC1CC2CCC(C1)[NH+]2C.[Cl-].[Cl-]. The number of hydrogen-bond donors (Lipinski definition) is 2. The smallest absolute Gasteiger partial charge is 0.311 e. The van der Waals surface area contributed by atoms with Crippen LogP contribution in [-0.4, -0.2) is 50.8 Å². The molecule has 126 valence electrons. The Morgan fingerprint density at radius 1 is 1.14 bits per heavy atom. The highest BCUT2D eigenvalue weighted by atomic mass is 35.5. The minimum Gasteiger partial charge on any atom is -1.00 e. The first-order chi connectivity index (χ1) is 9.13. The highest BCUT2D eigenvalue weighted by Gasteiger charge is 2.43. The summed E-state index contributed by atoms with van der Waals surface area (Å²) < 4.78 is 5.69. The van der Waals surface area contributed by atoms with E-state index in [2.05, 4.69) is 20.9 Å². The number of quaternary nitrogens is 2. The summed E-state index contributed by atoms with van der Waals surface area (Å²) in [6.45, 7) is 7.43. The Labute approximate surface area is 141 Å². The molecule has 4 nitrogen and oxygen atoms in total. The van der Waals surface area contributed by atoms with E-state index in [4.69, 9.17) is 4.74 Å². The van der Waals surface area contributed by atoms with Crippen molar-refractivity contribution in [3.05, 3.63) is 0 Å². The highest BCUT2D eigenvalue weighted by Crippen LogP contribution is 2.24. The van der Waals surface area contributed by atoms with Gasteiger partial charge in [-0.25, -0.2) is 0 Å². The molecule has 0 aromatic rings. The van der Waals surface area contributed by atoms with Crippen LogP contribution in [0.2, 0.25) is 0 Å². The topological polar surface area (TPSA) is 35.2 Å². The van der Waals surface area contributed by atoms with Crippen LogP contribution in [-0.2, 0) is 9.53 Å². The molecule has 0 aromatic carbocycles. The fourth-order valence-corrected chi connectivity index (χ4v) is 3.75. The number of esters is 1. The average molecular weight is 341 g/mol. The molecule has 2 aliphatic heterocycles. The summed E-state index contributed by atoms with van der Waals surface area (Å²) in [5.74, 6) is 0.0170. The zero-order valence-corrected chi connectivity index (χ0v) is 15.0. The third-order valence-electron chi connectivity index (χ3n) is 5.23. The predicted molar refractivity (Wildman–Crippen MR) is 74.3 cm³/mol. The minimum absolute atomic E-state index is 0. The quantitative estimate of drug-likeness (QED) is 0.471. The van der Waals surface area contributed by atoms with E-state index < -0.39 is 0 Å². The van der Waals surface area contributed by atoms with Gasteiger partial charge in [0.05, 0.1) is 45.2 Å². The largest absolute Gasteiger partial charge is 1.00 e. The molecule has 2 fully saturated rings. The number of ether oxygens (including phenoxy) is 1. The van der Waals surface area contributed by atoms with Gasteiger partial charge < -0.3 is 39.4 Å². The van der Waals surface area contributed by atoms with Crippen molar-refractivity contribution in [2.45, 2.75) is 64.1 Å². The van der Waals surface area contributed by atoms with Gasteiger partial charge in [0.15, 0.2) is 0 Å². The lowest BCUT2D eigenvalue weighted by molar-refractivity contribution is -0.923. The molecule has 2 unspecified atom stereocenters. The third kappa shape index (κ3) is 5.59. The third-order valence-corrected chi connectivity index (χ3v) is 5.23. The maximum atomic E-state index is 11.9. The number of halogens is 2. The molecule has 2 saturated heterocycles. The van der Waals surface area contributed by atoms with E-state index in [0.29, 0.717) is 6.42 Å². The fourth-order valence-electron chi connectivity index (χ4n) is 3.75. The Hall–Kier alpha value is -0.0300. The van der Waals surface area contributed by atoms with Crippen LogP contribution in [0.25, 0.3) is 0 Å². The van der Waals surface area contributed by atoms with Gasteiger partial charge in [-0.3, -0.25) is 4.79 Å². The summed E-state index contributed by atoms with van der Waals surface area (Å²) in [5, 5.41) is 0. The summed E-state index contributed by atoms with van der Waals surface area (Å²) in [6, 6.07) is 1.45. The molecule has 2 rings (SSSR count). The highest BCUT2D eigenvalue weighted by molar-refractivity contribution is 5.69. The minimum atomic E-state index is 0. The molecule has 2 heterocycles. The van der Waals surface area contributed by atoms with Crippen molar-refractivity contribution >= 4 is 5.97 Å². The van der Waals surface area contributed by atoms with Crippen molar-refractivity contribution < 1.29 is 44.1 Å². The molecule has 0 spiro atoms. The van der Waals surface area contributed by atoms with Crippen LogP contribution < -0.4 is 34.6 Å². The van der Waals surface area contributed by atoms with E-state index in [1.807, 2.05) is 0 Å².